The lowest BCUT2D eigenvalue weighted by molar-refractivity contribution is 0.562. The Labute approximate surface area is 125 Å². The van der Waals surface area contributed by atoms with Gasteiger partial charge in [0, 0.05) is 24.5 Å². The second-order valence-corrected chi connectivity index (χ2v) is 9.20. The van der Waals surface area contributed by atoms with Gasteiger partial charge in [-0.25, -0.2) is 21.6 Å². The third kappa shape index (κ3) is 4.53. The van der Waals surface area contributed by atoms with E-state index in [2.05, 4.69) is 21.9 Å². The van der Waals surface area contributed by atoms with Gasteiger partial charge in [0.1, 0.15) is 0 Å². The molecule has 1 aromatic heterocycles. The van der Waals surface area contributed by atoms with E-state index in [1.807, 2.05) is 0 Å². The fraction of sp³-hybridized carbons (Fsp3) is 0.667. The Kier molecular flexibility index (Phi) is 5.07. The van der Waals surface area contributed by atoms with Crippen LogP contribution in [0.2, 0.25) is 0 Å². The van der Waals surface area contributed by atoms with Crippen LogP contribution in [0.25, 0.3) is 0 Å². The average Bonchev–Trinajstić information content (AvgIpc) is 2.97. The molecule has 2 rings (SSSR count). The van der Waals surface area contributed by atoms with Gasteiger partial charge < -0.3 is 10.3 Å². The monoisotopic (exact) mass is 335 g/mol. The standard InChI is InChI=1S/C12H21N3O4S2/c1-2-4-13-7-11-6-12(8-14-11)21(18,19)15-10-3-5-20(16,17)9-10/h6,8,10,13-15H,2-5,7,9H2,1H3. The minimum absolute atomic E-state index is 0.0412. The molecular weight excluding hydrogens is 314 g/mol. The molecule has 0 spiro atoms. The van der Waals surface area contributed by atoms with E-state index in [1.165, 1.54) is 6.20 Å². The maximum absolute atomic E-state index is 12.2. The fourth-order valence-electron chi connectivity index (χ4n) is 2.25. The summed E-state index contributed by atoms with van der Waals surface area (Å²) in [6.45, 7) is 3.48. The smallest absolute Gasteiger partial charge is 0.242 e. The summed E-state index contributed by atoms with van der Waals surface area (Å²) in [5, 5.41) is 3.17. The zero-order chi connectivity index (χ0) is 15.5. The molecule has 0 aromatic carbocycles. The lowest BCUT2D eigenvalue weighted by Crippen LogP contribution is -2.35. The van der Waals surface area contributed by atoms with Crippen molar-refractivity contribution in [3.8, 4) is 0 Å². The van der Waals surface area contributed by atoms with Crippen molar-refractivity contribution in [1.29, 1.82) is 0 Å². The van der Waals surface area contributed by atoms with Gasteiger partial charge >= 0.3 is 0 Å². The van der Waals surface area contributed by atoms with Crippen LogP contribution in [0.3, 0.4) is 0 Å². The largest absolute Gasteiger partial charge is 0.363 e. The van der Waals surface area contributed by atoms with Crippen LogP contribution < -0.4 is 10.0 Å². The molecule has 0 radical (unpaired) electrons. The lowest BCUT2D eigenvalue weighted by Gasteiger charge is -2.09. The molecule has 3 N–H and O–H groups in total. The van der Waals surface area contributed by atoms with Crippen LogP contribution in [0.5, 0.6) is 0 Å². The van der Waals surface area contributed by atoms with E-state index in [-0.39, 0.29) is 16.4 Å². The van der Waals surface area contributed by atoms with E-state index in [4.69, 9.17) is 0 Å². The fourth-order valence-corrected chi connectivity index (χ4v) is 5.32. The Hall–Kier alpha value is -0.900. The number of aromatic nitrogens is 1. The van der Waals surface area contributed by atoms with Crippen molar-refractivity contribution < 1.29 is 16.8 Å². The summed E-state index contributed by atoms with van der Waals surface area (Å²) < 4.78 is 49.6. The second kappa shape index (κ2) is 6.47. The van der Waals surface area contributed by atoms with E-state index < -0.39 is 25.9 Å². The summed E-state index contributed by atoms with van der Waals surface area (Å²) in [7, 11) is -6.78. The predicted molar refractivity (Wildman–Crippen MR) is 80.2 cm³/mol. The maximum Gasteiger partial charge on any atom is 0.242 e. The Bertz CT molecular complexity index is 679. The summed E-state index contributed by atoms with van der Waals surface area (Å²) in [6, 6.07) is 1.03. The van der Waals surface area contributed by atoms with Gasteiger partial charge in [0.15, 0.2) is 9.84 Å². The molecule has 1 saturated heterocycles. The Morgan fingerprint density at radius 1 is 1.43 bits per heavy atom. The molecule has 1 aliphatic rings. The molecule has 0 bridgehead atoms. The van der Waals surface area contributed by atoms with E-state index in [0.29, 0.717) is 13.0 Å². The van der Waals surface area contributed by atoms with E-state index in [9.17, 15) is 16.8 Å². The number of H-pyrrole nitrogens is 1. The van der Waals surface area contributed by atoms with Crippen LogP contribution in [-0.2, 0) is 26.4 Å². The van der Waals surface area contributed by atoms with Crippen LogP contribution in [0, 0.1) is 0 Å². The van der Waals surface area contributed by atoms with Crippen molar-refractivity contribution >= 4 is 19.9 Å². The molecule has 1 atom stereocenters. The van der Waals surface area contributed by atoms with Crippen molar-refractivity contribution in [2.75, 3.05) is 18.1 Å². The van der Waals surface area contributed by atoms with Crippen molar-refractivity contribution in [2.45, 2.75) is 37.2 Å². The van der Waals surface area contributed by atoms with Gasteiger partial charge in [-0.2, -0.15) is 0 Å². The van der Waals surface area contributed by atoms with Crippen molar-refractivity contribution in [3.05, 3.63) is 18.0 Å². The molecule has 9 heteroatoms. The lowest BCUT2D eigenvalue weighted by atomic mass is 10.3. The van der Waals surface area contributed by atoms with Gasteiger partial charge in [0.2, 0.25) is 10.0 Å². The third-order valence-corrected chi connectivity index (χ3v) is 6.59. The highest BCUT2D eigenvalue weighted by molar-refractivity contribution is 7.92. The van der Waals surface area contributed by atoms with Crippen molar-refractivity contribution in [1.82, 2.24) is 15.0 Å². The normalized spacial score (nSPS) is 21.7. The highest BCUT2D eigenvalue weighted by Crippen LogP contribution is 2.16. The molecule has 1 aromatic rings. The van der Waals surface area contributed by atoms with Crippen molar-refractivity contribution in [3.63, 3.8) is 0 Å². The molecule has 7 nitrogen and oxygen atoms in total. The van der Waals surface area contributed by atoms with Gasteiger partial charge in [-0.3, -0.25) is 0 Å². The summed E-state index contributed by atoms with van der Waals surface area (Å²) in [5.41, 5.74) is 0.780. The van der Waals surface area contributed by atoms with Crippen molar-refractivity contribution in [2.24, 2.45) is 0 Å². The maximum atomic E-state index is 12.2. The van der Waals surface area contributed by atoms with Gasteiger partial charge in [-0.15, -0.1) is 0 Å². The topological polar surface area (TPSA) is 108 Å². The van der Waals surface area contributed by atoms with Gasteiger partial charge in [-0.05, 0) is 25.5 Å². The highest BCUT2D eigenvalue weighted by atomic mass is 32.2. The summed E-state index contributed by atoms with van der Waals surface area (Å²) >= 11 is 0. The molecule has 2 heterocycles. The minimum atomic E-state index is -3.68. The third-order valence-electron chi connectivity index (χ3n) is 3.32. The molecule has 1 unspecified atom stereocenters. The Morgan fingerprint density at radius 2 is 2.19 bits per heavy atom. The number of hydrogen-bond donors (Lipinski definition) is 3. The molecule has 0 aliphatic carbocycles. The van der Waals surface area contributed by atoms with E-state index in [0.717, 1.165) is 18.7 Å². The van der Waals surface area contributed by atoms with Crippen LogP contribution >= 0.6 is 0 Å². The highest BCUT2D eigenvalue weighted by Gasteiger charge is 2.31. The summed E-state index contributed by atoms with van der Waals surface area (Å²) in [4.78, 5) is 3.05. The number of sulfonamides is 1. The average molecular weight is 335 g/mol. The van der Waals surface area contributed by atoms with Crippen LogP contribution in [0.1, 0.15) is 25.5 Å². The van der Waals surface area contributed by atoms with E-state index in [1.54, 1.807) is 6.07 Å². The van der Waals surface area contributed by atoms with Gasteiger partial charge in [0.05, 0.1) is 16.4 Å². The van der Waals surface area contributed by atoms with E-state index >= 15 is 0 Å². The molecule has 0 amide bonds. The first kappa shape index (κ1) is 16.5. The first-order valence-corrected chi connectivity index (χ1v) is 10.2. The minimum Gasteiger partial charge on any atom is -0.363 e. The van der Waals surface area contributed by atoms with Gasteiger partial charge in [-0.1, -0.05) is 6.92 Å². The number of hydrogen-bond acceptors (Lipinski definition) is 5. The zero-order valence-electron chi connectivity index (χ0n) is 11.9. The molecule has 1 aliphatic heterocycles. The van der Waals surface area contributed by atoms with Crippen LogP contribution in [-0.4, -0.2) is 45.9 Å². The van der Waals surface area contributed by atoms with Crippen LogP contribution in [0.4, 0.5) is 0 Å². The number of aromatic amines is 1. The molecule has 21 heavy (non-hydrogen) atoms. The first-order chi connectivity index (χ1) is 9.82. The number of sulfone groups is 1. The quantitative estimate of drug-likeness (QED) is 0.607. The van der Waals surface area contributed by atoms with Crippen LogP contribution in [0.15, 0.2) is 17.2 Å². The molecule has 0 saturated carbocycles. The first-order valence-electron chi connectivity index (χ1n) is 6.93. The molecular formula is C12H21N3O4S2. The zero-order valence-corrected chi connectivity index (χ0v) is 13.6. The number of rotatable bonds is 7. The second-order valence-electron chi connectivity index (χ2n) is 5.26. The molecule has 1 fully saturated rings. The van der Waals surface area contributed by atoms with Gasteiger partial charge in [0.25, 0.3) is 0 Å². The summed E-state index contributed by atoms with van der Waals surface area (Å²) in [6.07, 6.45) is 2.76. The predicted octanol–water partition coefficient (Wildman–Crippen LogP) is -0.0203. The Balaban J connectivity index is 1.99. The summed E-state index contributed by atoms with van der Waals surface area (Å²) in [5.74, 6) is -0.0823. The molecule has 120 valence electrons. The number of nitrogens with one attached hydrogen (secondary N) is 3. The SMILES string of the molecule is CCCNCc1cc(S(=O)(=O)NC2CCS(=O)(=O)C2)c[nH]1. The Morgan fingerprint density at radius 3 is 2.81 bits per heavy atom.